The van der Waals surface area contributed by atoms with Crippen molar-refractivity contribution in [2.45, 2.75) is 26.4 Å². The Hall–Kier alpha value is -3.39. The largest absolute Gasteiger partial charge is 0.454 e. The highest BCUT2D eigenvalue weighted by Crippen LogP contribution is 2.33. The number of benzene rings is 2. The van der Waals surface area contributed by atoms with Gasteiger partial charge >= 0.3 is 0 Å². The summed E-state index contributed by atoms with van der Waals surface area (Å²) in [6.07, 6.45) is 0. The molecule has 29 heavy (non-hydrogen) atoms. The van der Waals surface area contributed by atoms with Gasteiger partial charge in [0.05, 0.1) is 6.04 Å². The minimum absolute atomic E-state index is 0.0490. The van der Waals surface area contributed by atoms with Gasteiger partial charge in [0.1, 0.15) is 0 Å². The van der Waals surface area contributed by atoms with E-state index in [1.165, 1.54) is 0 Å². The first kappa shape index (κ1) is 18.9. The summed E-state index contributed by atoms with van der Waals surface area (Å²) < 4.78 is 10.9. The maximum absolute atomic E-state index is 5.96. The average molecular weight is 392 g/mol. The van der Waals surface area contributed by atoms with Crippen LogP contribution in [0.1, 0.15) is 31.3 Å². The fourth-order valence-corrected chi connectivity index (χ4v) is 3.26. The van der Waals surface area contributed by atoms with E-state index in [0.29, 0.717) is 11.8 Å². The van der Waals surface area contributed by atoms with Crippen LogP contribution in [0.5, 0.6) is 11.5 Å². The molecule has 3 aromatic rings. The highest BCUT2D eigenvalue weighted by atomic mass is 16.7. The van der Waals surface area contributed by atoms with Gasteiger partial charge in [-0.3, -0.25) is 4.90 Å². The van der Waals surface area contributed by atoms with E-state index in [2.05, 4.69) is 39.0 Å². The van der Waals surface area contributed by atoms with Crippen LogP contribution in [-0.4, -0.2) is 33.2 Å². The van der Waals surface area contributed by atoms with Crippen molar-refractivity contribution in [3.05, 3.63) is 59.9 Å². The first-order valence-electron chi connectivity index (χ1n) is 9.58. The zero-order valence-electron chi connectivity index (χ0n) is 16.5. The van der Waals surface area contributed by atoms with Gasteiger partial charge in [-0.15, -0.1) is 0 Å². The number of ether oxygens (including phenoxy) is 2. The van der Waals surface area contributed by atoms with Crippen LogP contribution in [0.4, 0.5) is 17.6 Å². The molecule has 0 aliphatic carbocycles. The Morgan fingerprint density at radius 3 is 2.66 bits per heavy atom. The summed E-state index contributed by atoms with van der Waals surface area (Å²) in [5.41, 5.74) is 7.98. The Bertz CT molecular complexity index is 982. The zero-order chi connectivity index (χ0) is 20.2. The van der Waals surface area contributed by atoms with E-state index in [1.54, 1.807) is 0 Å². The fraction of sp³-hybridized carbons (Fsp3) is 0.286. The number of nitrogens with one attached hydrogen (secondary N) is 1. The van der Waals surface area contributed by atoms with Gasteiger partial charge in [-0.2, -0.15) is 15.0 Å². The zero-order valence-corrected chi connectivity index (χ0v) is 16.5. The highest BCUT2D eigenvalue weighted by molar-refractivity contribution is 5.53. The second-order valence-electron chi connectivity index (χ2n) is 6.79. The molecule has 0 amide bonds. The number of rotatable bonds is 7. The number of nitrogen functional groups attached to an aromatic ring is 1. The van der Waals surface area contributed by atoms with Crippen molar-refractivity contribution >= 4 is 17.6 Å². The van der Waals surface area contributed by atoms with E-state index in [9.17, 15) is 0 Å². The topological polar surface area (TPSA) is 98.4 Å². The van der Waals surface area contributed by atoms with Gasteiger partial charge in [-0.25, -0.2) is 0 Å². The SMILES string of the molecule is CCN(Cc1ccc2c(c1)OCO2)C(C)c1nc(N)nc(Nc2ccccc2)n1. The molecular weight excluding hydrogens is 368 g/mol. The molecule has 0 fully saturated rings. The van der Waals surface area contributed by atoms with Gasteiger partial charge in [-0.1, -0.05) is 31.2 Å². The lowest BCUT2D eigenvalue weighted by Crippen LogP contribution is -2.28. The number of anilines is 3. The summed E-state index contributed by atoms with van der Waals surface area (Å²) in [5, 5.41) is 3.18. The maximum Gasteiger partial charge on any atom is 0.232 e. The first-order chi connectivity index (χ1) is 14.1. The number of para-hydroxylation sites is 1. The molecule has 4 rings (SSSR count). The van der Waals surface area contributed by atoms with Crippen LogP contribution >= 0.6 is 0 Å². The van der Waals surface area contributed by atoms with Crippen molar-refractivity contribution in [3.8, 4) is 11.5 Å². The van der Waals surface area contributed by atoms with Gasteiger partial charge in [0, 0.05) is 12.2 Å². The second kappa shape index (κ2) is 8.32. The number of nitrogens with zero attached hydrogens (tertiary/aromatic N) is 4. The van der Waals surface area contributed by atoms with E-state index in [4.69, 9.17) is 15.2 Å². The van der Waals surface area contributed by atoms with Crippen LogP contribution in [0.15, 0.2) is 48.5 Å². The van der Waals surface area contributed by atoms with E-state index >= 15 is 0 Å². The molecule has 1 aliphatic heterocycles. The molecule has 150 valence electrons. The Kier molecular flexibility index (Phi) is 5.44. The Balaban J connectivity index is 1.53. The van der Waals surface area contributed by atoms with Crippen LogP contribution in [0.2, 0.25) is 0 Å². The molecule has 0 spiro atoms. The van der Waals surface area contributed by atoms with E-state index in [0.717, 1.165) is 35.8 Å². The van der Waals surface area contributed by atoms with Crippen LogP contribution in [0.25, 0.3) is 0 Å². The van der Waals surface area contributed by atoms with Gasteiger partial charge in [0.2, 0.25) is 18.7 Å². The molecule has 0 saturated carbocycles. The summed E-state index contributed by atoms with van der Waals surface area (Å²) in [7, 11) is 0. The van der Waals surface area contributed by atoms with Crippen molar-refractivity contribution in [2.75, 3.05) is 24.4 Å². The highest BCUT2D eigenvalue weighted by Gasteiger charge is 2.21. The molecule has 0 saturated heterocycles. The molecule has 2 aromatic carbocycles. The third-order valence-electron chi connectivity index (χ3n) is 4.85. The number of nitrogens with two attached hydrogens (primary N) is 1. The summed E-state index contributed by atoms with van der Waals surface area (Å²) in [4.78, 5) is 15.4. The standard InChI is InChI=1S/C21H24N6O2/c1-3-27(12-15-9-10-17-18(11-15)29-13-28-17)14(2)19-24-20(22)26-21(25-19)23-16-7-5-4-6-8-16/h4-11,14H,3,12-13H2,1-2H3,(H3,22,23,24,25,26). The van der Waals surface area contributed by atoms with Gasteiger partial charge in [0.15, 0.2) is 17.3 Å². The molecule has 8 heteroatoms. The molecule has 8 nitrogen and oxygen atoms in total. The lowest BCUT2D eigenvalue weighted by atomic mass is 10.1. The summed E-state index contributed by atoms with van der Waals surface area (Å²) >= 11 is 0. The van der Waals surface area contributed by atoms with Gasteiger partial charge in [0.25, 0.3) is 0 Å². The third-order valence-corrected chi connectivity index (χ3v) is 4.85. The maximum atomic E-state index is 5.96. The monoisotopic (exact) mass is 392 g/mol. The smallest absolute Gasteiger partial charge is 0.232 e. The van der Waals surface area contributed by atoms with Crippen molar-refractivity contribution in [1.29, 1.82) is 0 Å². The molecule has 2 heterocycles. The molecule has 1 unspecified atom stereocenters. The van der Waals surface area contributed by atoms with Crippen LogP contribution in [0, 0.1) is 0 Å². The molecule has 0 radical (unpaired) electrons. The summed E-state index contributed by atoms with van der Waals surface area (Å²) in [5.74, 6) is 2.82. The van der Waals surface area contributed by atoms with Crippen molar-refractivity contribution in [3.63, 3.8) is 0 Å². The fourth-order valence-electron chi connectivity index (χ4n) is 3.26. The lowest BCUT2D eigenvalue weighted by molar-refractivity contribution is 0.173. The summed E-state index contributed by atoms with van der Waals surface area (Å²) in [6, 6.07) is 15.7. The molecule has 1 aromatic heterocycles. The number of aromatic nitrogens is 3. The third kappa shape index (κ3) is 4.38. The minimum Gasteiger partial charge on any atom is -0.454 e. The lowest BCUT2D eigenvalue weighted by Gasteiger charge is -2.27. The van der Waals surface area contributed by atoms with Crippen LogP contribution in [0.3, 0.4) is 0 Å². The quantitative estimate of drug-likeness (QED) is 0.630. The van der Waals surface area contributed by atoms with Crippen molar-refractivity contribution < 1.29 is 9.47 Å². The van der Waals surface area contributed by atoms with Gasteiger partial charge < -0.3 is 20.5 Å². The Morgan fingerprint density at radius 2 is 1.86 bits per heavy atom. The predicted molar refractivity (Wildman–Crippen MR) is 111 cm³/mol. The predicted octanol–water partition coefficient (Wildman–Crippen LogP) is 3.51. The Morgan fingerprint density at radius 1 is 1.07 bits per heavy atom. The number of fused-ring (bicyclic) bond motifs is 1. The summed E-state index contributed by atoms with van der Waals surface area (Å²) in [6.45, 7) is 5.99. The molecule has 0 bridgehead atoms. The number of hydrogen-bond donors (Lipinski definition) is 2. The Labute approximate surface area is 169 Å². The van der Waals surface area contributed by atoms with E-state index in [-0.39, 0.29) is 18.8 Å². The molecular formula is C21H24N6O2. The van der Waals surface area contributed by atoms with Crippen LogP contribution in [-0.2, 0) is 6.54 Å². The van der Waals surface area contributed by atoms with Gasteiger partial charge in [-0.05, 0) is 43.3 Å². The number of hydrogen-bond acceptors (Lipinski definition) is 8. The van der Waals surface area contributed by atoms with Crippen molar-refractivity contribution in [1.82, 2.24) is 19.9 Å². The van der Waals surface area contributed by atoms with Crippen LogP contribution < -0.4 is 20.5 Å². The van der Waals surface area contributed by atoms with E-state index in [1.807, 2.05) is 48.5 Å². The molecule has 3 N–H and O–H groups in total. The molecule has 1 aliphatic rings. The second-order valence-corrected chi connectivity index (χ2v) is 6.79. The van der Waals surface area contributed by atoms with Crippen molar-refractivity contribution in [2.24, 2.45) is 0 Å². The minimum atomic E-state index is -0.0490. The first-order valence-corrected chi connectivity index (χ1v) is 9.58. The normalized spacial score (nSPS) is 13.5. The average Bonchev–Trinajstić information content (AvgIpc) is 3.19. The van der Waals surface area contributed by atoms with E-state index < -0.39 is 0 Å². The molecule has 1 atom stereocenters.